The summed E-state index contributed by atoms with van der Waals surface area (Å²) >= 11 is 0. The summed E-state index contributed by atoms with van der Waals surface area (Å²) in [6.07, 6.45) is 9.03. The van der Waals surface area contributed by atoms with Crippen molar-refractivity contribution in [3.05, 3.63) is 200 Å². The fourth-order valence-corrected chi connectivity index (χ4v) is 7.61. The third kappa shape index (κ3) is 6.47. The molecule has 0 fully saturated rings. The number of nitrogen functional groups attached to an aromatic ring is 1. The monoisotopic (exact) mass is 704 g/mol. The number of hydrogen-bond donors (Lipinski definition) is 3. The maximum Gasteiger partial charge on any atom is 0.0795 e. The smallest absolute Gasteiger partial charge is 0.0795 e. The highest BCUT2D eigenvalue weighted by Crippen LogP contribution is 2.45. The average Bonchev–Trinajstić information content (AvgIpc) is 3.24. The van der Waals surface area contributed by atoms with Crippen molar-refractivity contribution in [3.8, 4) is 33.4 Å². The fourth-order valence-electron chi connectivity index (χ4n) is 7.61. The van der Waals surface area contributed by atoms with Gasteiger partial charge >= 0.3 is 0 Å². The molecular formula is C51H36N4. The fraction of sp³-hybridized carbons (Fsp3) is 0. The summed E-state index contributed by atoms with van der Waals surface area (Å²) in [5, 5.41) is 26.0. The highest BCUT2D eigenvalue weighted by molar-refractivity contribution is 6.50. The Kier molecular flexibility index (Phi) is 8.62. The van der Waals surface area contributed by atoms with Gasteiger partial charge in [0, 0.05) is 18.1 Å². The standard InChI is InChI=1S/C40H26N2.C11H10N2/c41-37-20-18-30(24-38(37)42)29-17-19-35-36(23-29)40(32-16-14-26-8-2-4-10-28(26)22-32)34-12-6-5-11-33(34)39(35)31-15-13-25-7-1-3-9-27(25)21-31;12-11-3-1-9(2-4-11)10-5-7-13-8-6-10/h1-24,41-42H;1-8H,12H2. The second-order valence-electron chi connectivity index (χ2n) is 13.8. The van der Waals surface area contributed by atoms with Crippen LogP contribution in [0.15, 0.2) is 194 Å². The lowest BCUT2D eigenvalue weighted by molar-refractivity contribution is 1.33. The van der Waals surface area contributed by atoms with Crippen LogP contribution < -0.4 is 5.73 Å². The molecule has 0 spiro atoms. The number of nitrogens with zero attached hydrogens (tertiary/aromatic N) is 1. The number of rotatable bonds is 4. The number of nitrogens with one attached hydrogen (secondary N) is 2. The maximum atomic E-state index is 8.26. The van der Waals surface area contributed by atoms with Crippen LogP contribution in [0.3, 0.4) is 0 Å². The molecule has 8 aromatic carbocycles. The van der Waals surface area contributed by atoms with E-state index in [1.807, 2.05) is 42.5 Å². The molecule has 4 heteroatoms. The van der Waals surface area contributed by atoms with E-state index in [0.717, 1.165) is 28.0 Å². The number of benzene rings is 8. The zero-order valence-electron chi connectivity index (χ0n) is 30.0. The van der Waals surface area contributed by atoms with Gasteiger partial charge in [0.05, 0.1) is 11.4 Å². The quantitative estimate of drug-likeness (QED) is 0.0967. The van der Waals surface area contributed by atoms with Gasteiger partial charge in [-0.2, -0.15) is 0 Å². The molecule has 4 N–H and O–H groups in total. The molecule has 4 nitrogen and oxygen atoms in total. The van der Waals surface area contributed by atoms with Gasteiger partial charge in [-0.3, -0.25) is 15.8 Å². The van der Waals surface area contributed by atoms with Crippen LogP contribution in [-0.4, -0.2) is 16.4 Å². The van der Waals surface area contributed by atoms with Crippen molar-refractivity contribution < 1.29 is 0 Å². The molecule has 0 amide bonds. The number of aromatic nitrogens is 1. The lowest BCUT2D eigenvalue weighted by Crippen LogP contribution is -2.09. The van der Waals surface area contributed by atoms with Gasteiger partial charge in [-0.15, -0.1) is 0 Å². The Balaban J connectivity index is 0.000000258. The zero-order valence-corrected chi connectivity index (χ0v) is 30.0. The molecule has 10 rings (SSSR count). The molecule has 0 aliphatic heterocycles. The van der Waals surface area contributed by atoms with E-state index >= 15 is 0 Å². The zero-order chi connectivity index (χ0) is 37.3. The molecule has 0 saturated carbocycles. The van der Waals surface area contributed by atoms with E-state index in [2.05, 4.69) is 132 Å². The number of allylic oxidation sites excluding steroid dienone is 4. The van der Waals surface area contributed by atoms with Gasteiger partial charge in [0.1, 0.15) is 0 Å². The predicted octanol–water partition coefficient (Wildman–Crippen LogP) is 13.0. The molecule has 9 aromatic rings. The van der Waals surface area contributed by atoms with Crippen molar-refractivity contribution >= 4 is 65.8 Å². The molecule has 0 radical (unpaired) electrons. The molecule has 1 aliphatic rings. The normalized spacial score (nSPS) is 12.5. The predicted molar refractivity (Wildman–Crippen MR) is 234 cm³/mol. The van der Waals surface area contributed by atoms with Crippen LogP contribution in [0, 0.1) is 10.8 Å². The van der Waals surface area contributed by atoms with E-state index in [9.17, 15) is 0 Å². The molecule has 1 aromatic heterocycles. The van der Waals surface area contributed by atoms with Crippen LogP contribution >= 0.6 is 0 Å². The molecule has 0 atom stereocenters. The van der Waals surface area contributed by atoms with Crippen molar-refractivity contribution in [3.63, 3.8) is 0 Å². The summed E-state index contributed by atoms with van der Waals surface area (Å²) in [7, 11) is 0. The van der Waals surface area contributed by atoms with E-state index in [4.69, 9.17) is 16.6 Å². The average molecular weight is 705 g/mol. The van der Waals surface area contributed by atoms with Crippen LogP contribution in [0.25, 0.3) is 82.0 Å². The van der Waals surface area contributed by atoms with Crippen LogP contribution in [0.1, 0.15) is 5.56 Å². The third-order valence-corrected chi connectivity index (χ3v) is 10.4. The van der Waals surface area contributed by atoms with Gasteiger partial charge in [-0.05, 0) is 142 Å². The van der Waals surface area contributed by atoms with Gasteiger partial charge < -0.3 is 5.73 Å². The molecule has 0 unspecified atom stereocenters. The van der Waals surface area contributed by atoms with Gasteiger partial charge in [-0.1, -0.05) is 127 Å². The minimum absolute atomic E-state index is 0.234. The Bertz CT molecular complexity index is 3010. The highest BCUT2D eigenvalue weighted by Gasteiger charge is 2.19. The summed E-state index contributed by atoms with van der Waals surface area (Å²) in [5.74, 6) is 0. The Labute approximate surface area is 319 Å². The topological polar surface area (TPSA) is 86.6 Å². The lowest BCUT2D eigenvalue weighted by Gasteiger charge is -2.20. The highest BCUT2D eigenvalue weighted by atomic mass is 14.6. The SMILES string of the molecule is N=C1C=CC(c2ccc3c(-c4ccc5ccccc5c4)c4ccccc4c(-c4ccc5ccccc5c4)c3c2)=CC1=N.Nc1ccc(-c2ccncc2)cc1. The van der Waals surface area contributed by atoms with Crippen molar-refractivity contribution in [2.75, 3.05) is 5.73 Å². The first-order valence-corrected chi connectivity index (χ1v) is 18.3. The number of nitrogens with two attached hydrogens (primary N) is 1. The van der Waals surface area contributed by atoms with Gasteiger partial charge in [-0.25, -0.2) is 0 Å². The van der Waals surface area contributed by atoms with Gasteiger partial charge in [0.2, 0.25) is 0 Å². The second-order valence-corrected chi connectivity index (χ2v) is 13.8. The molecule has 1 heterocycles. The first-order chi connectivity index (χ1) is 27.0. The number of fused-ring (bicyclic) bond motifs is 4. The lowest BCUT2D eigenvalue weighted by atomic mass is 9.84. The summed E-state index contributed by atoms with van der Waals surface area (Å²) in [4.78, 5) is 3.96. The first kappa shape index (κ1) is 33.4. The summed E-state index contributed by atoms with van der Waals surface area (Å²) in [6, 6.07) is 57.7. The Morgan fingerprint density at radius 1 is 0.382 bits per heavy atom. The molecule has 0 saturated heterocycles. The van der Waals surface area contributed by atoms with Crippen LogP contribution in [0.2, 0.25) is 0 Å². The second kappa shape index (κ2) is 14.2. The molecule has 260 valence electrons. The van der Waals surface area contributed by atoms with Gasteiger partial charge in [0.15, 0.2) is 0 Å². The van der Waals surface area contributed by atoms with Crippen molar-refractivity contribution in [1.29, 1.82) is 10.8 Å². The van der Waals surface area contributed by atoms with Crippen LogP contribution in [-0.2, 0) is 0 Å². The summed E-state index contributed by atoms with van der Waals surface area (Å²) in [6.45, 7) is 0. The molecule has 55 heavy (non-hydrogen) atoms. The van der Waals surface area contributed by atoms with Crippen molar-refractivity contribution in [1.82, 2.24) is 4.98 Å². The van der Waals surface area contributed by atoms with Gasteiger partial charge in [0.25, 0.3) is 0 Å². The maximum absolute atomic E-state index is 8.26. The Hall–Kier alpha value is -7.43. The Morgan fingerprint density at radius 3 is 1.47 bits per heavy atom. The molecule has 1 aliphatic carbocycles. The van der Waals surface area contributed by atoms with Crippen molar-refractivity contribution in [2.24, 2.45) is 0 Å². The minimum Gasteiger partial charge on any atom is -0.399 e. The van der Waals surface area contributed by atoms with E-state index in [0.29, 0.717) is 0 Å². The largest absolute Gasteiger partial charge is 0.399 e. The van der Waals surface area contributed by atoms with Crippen LogP contribution in [0.4, 0.5) is 5.69 Å². The van der Waals surface area contributed by atoms with Crippen LogP contribution in [0.5, 0.6) is 0 Å². The number of anilines is 1. The molecular weight excluding hydrogens is 669 g/mol. The van der Waals surface area contributed by atoms with E-state index in [1.54, 1.807) is 24.5 Å². The third-order valence-electron chi connectivity index (χ3n) is 10.4. The van der Waals surface area contributed by atoms with E-state index in [1.165, 1.54) is 65.3 Å². The number of pyridine rings is 1. The first-order valence-electron chi connectivity index (χ1n) is 18.3. The summed E-state index contributed by atoms with van der Waals surface area (Å²) < 4.78 is 0. The number of hydrogen-bond acceptors (Lipinski definition) is 4. The molecule has 0 bridgehead atoms. The van der Waals surface area contributed by atoms with E-state index < -0.39 is 0 Å². The summed E-state index contributed by atoms with van der Waals surface area (Å²) in [5.41, 5.74) is 16.0. The van der Waals surface area contributed by atoms with Crippen molar-refractivity contribution in [2.45, 2.75) is 0 Å². The van der Waals surface area contributed by atoms with E-state index in [-0.39, 0.29) is 11.4 Å². The minimum atomic E-state index is 0.234. The Morgan fingerprint density at radius 2 is 0.873 bits per heavy atom.